The number of urea groups is 1. The molecule has 1 aromatic heterocycles. The summed E-state index contributed by atoms with van der Waals surface area (Å²) in [5, 5.41) is 14.9. The fourth-order valence-electron chi connectivity index (χ4n) is 2.46. The van der Waals surface area contributed by atoms with Crippen molar-refractivity contribution in [2.75, 3.05) is 5.32 Å². The number of aliphatic hydroxyl groups excluding tert-OH is 1. The van der Waals surface area contributed by atoms with Crippen LogP contribution in [0.15, 0.2) is 59.2 Å². The zero-order chi connectivity index (χ0) is 17.6. The predicted molar refractivity (Wildman–Crippen MR) is 94.9 cm³/mol. The largest absolute Gasteiger partial charge is 0.449 e. The van der Waals surface area contributed by atoms with E-state index in [0.29, 0.717) is 18.1 Å². The Labute approximate surface area is 145 Å². The average Bonchev–Trinajstić information content (AvgIpc) is 3.07. The van der Waals surface area contributed by atoms with Gasteiger partial charge in [0.25, 0.3) is 0 Å². The molecule has 0 bridgehead atoms. The van der Waals surface area contributed by atoms with Gasteiger partial charge in [0.2, 0.25) is 0 Å². The van der Waals surface area contributed by atoms with Gasteiger partial charge in [-0.1, -0.05) is 36.4 Å². The van der Waals surface area contributed by atoms with Crippen molar-refractivity contribution < 1.29 is 14.3 Å². The number of hydrogen-bond acceptors (Lipinski definition) is 4. The van der Waals surface area contributed by atoms with E-state index in [1.807, 2.05) is 36.4 Å². The zero-order valence-electron chi connectivity index (χ0n) is 13.8. The van der Waals surface area contributed by atoms with Crippen LogP contribution in [-0.2, 0) is 13.2 Å². The maximum atomic E-state index is 12.0. The molecule has 25 heavy (non-hydrogen) atoms. The van der Waals surface area contributed by atoms with Crippen molar-refractivity contribution in [1.82, 2.24) is 10.3 Å². The van der Waals surface area contributed by atoms with E-state index in [1.165, 1.54) is 0 Å². The second kappa shape index (κ2) is 7.63. The first kappa shape index (κ1) is 16.7. The minimum absolute atomic E-state index is 0.0531. The Kier molecular flexibility index (Phi) is 5.11. The molecule has 0 fully saturated rings. The molecule has 128 valence electrons. The second-order valence-electron chi connectivity index (χ2n) is 5.56. The van der Waals surface area contributed by atoms with E-state index >= 15 is 0 Å². The Balaban J connectivity index is 1.57. The maximum absolute atomic E-state index is 12.0. The summed E-state index contributed by atoms with van der Waals surface area (Å²) in [6.45, 7) is 2.08. The monoisotopic (exact) mass is 337 g/mol. The number of aromatic nitrogens is 1. The van der Waals surface area contributed by atoms with Crippen molar-refractivity contribution in [2.45, 2.75) is 20.1 Å². The normalized spacial score (nSPS) is 10.5. The molecule has 0 saturated heterocycles. The van der Waals surface area contributed by atoms with Gasteiger partial charge in [0, 0.05) is 24.7 Å². The van der Waals surface area contributed by atoms with Gasteiger partial charge >= 0.3 is 6.03 Å². The number of aliphatic hydroxyl groups is 1. The van der Waals surface area contributed by atoms with Crippen LogP contribution in [0.2, 0.25) is 0 Å². The summed E-state index contributed by atoms with van der Waals surface area (Å²) in [5.41, 5.74) is 4.04. The number of carbonyl (C=O) groups excluding carboxylic acids is 1. The summed E-state index contributed by atoms with van der Waals surface area (Å²) in [6, 6.07) is 14.5. The highest BCUT2D eigenvalue weighted by atomic mass is 16.3. The van der Waals surface area contributed by atoms with E-state index in [-0.39, 0.29) is 12.6 Å². The van der Waals surface area contributed by atoms with Gasteiger partial charge < -0.3 is 20.2 Å². The molecule has 1 heterocycles. The van der Waals surface area contributed by atoms with Gasteiger partial charge in [0.1, 0.15) is 12.0 Å². The maximum Gasteiger partial charge on any atom is 0.319 e. The molecule has 3 N–H and O–H groups in total. The van der Waals surface area contributed by atoms with Gasteiger partial charge in [-0.15, -0.1) is 0 Å². The van der Waals surface area contributed by atoms with Crippen molar-refractivity contribution in [3.05, 3.63) is 71.8 Å². The summed E-state index contributed by atoms with van der Waals surface area (Å²) < 4.78 is 5.20. The lowest BCUT2D eigenvalue weighted by molar-refractivity contribution is 0.251. The van der Waals surface area contributed by atoms with Gasteiger partial charge in [-0.05, 0) is 23.3 Å². The molecule has 0 saturated carbocycles. The number of benzene rings is 2. The number of rotatable bonds is 5. The molecule has 3 rings (SSSR count). The first-order valence-corrected chi connectivity index (χ1v) is 7.91. The zero-order valence-corrected chi connectivity index (χ0v) is 13.8. The standard InChI is InChI=1S/C19H19N3O3/c1-13-21-18(12-25-13)14-6-8-17(9-7-14)22-19(24)20-10-15-4-2-3-5-16(15)11-23/h2-9,12,23H,10-11H2,1H3,(H2,20,22,24). The first-order valence-electron chi connectivity index (χ1n) is 7.91. The Hall–Kier alpha value is -3.12. The van der Waals surface area contributed by atoms with E-state index in [1.54, 1.807) is 25.3 Å². The van der Waals surface area contributed by atoms with E-state index in [2.05, 4.69) is 15.6 Å². The Morgan fingerprint density at radius 2 is 1.84 bits per heavy atom. The molecule has 0 unspecified atom stereocenters. The lowest BCUT2D eigenvalue weighted by atomic mass is 10.1. The highest BCUT2D eigenvalue weighted by Crippen LogP contribution is 2.20. The van der Waals surface area contributed by atoms with Crippen molar-refractivity contribution in [3.63, 3.8) is 0 Å². The first-order chi connectivity index (χ1) is 12.2. The van der Waals surface area contributed by atoms with Crippen LogP contribution in [0.4, 0.5) is 10.5 Å². The van der Waals surface area contributed by atoms with Crippen LogP contribution in [0.5, 0.6) is 0 Å². The fourth-order valence-corrected chi connectivity index (χ4v) is 2.46. The number of nitrogens with zero attached hydrogens (tertiary/aromatic N) is 1. The predicted octanol–water partition coefficient (Wildman–Crippen LogP) is 3.46. The number of carbonyl (C=O) groups is 1. The number of aryl methyl sites for hydroxylation is 1. The molecule has 0 spiro atoms. The van der Waals surface area contributed by atoms with Crippen LogP contribution in [0, 0.1) is 6.92 Å². The minimum atomic E-state index is -0.308. The molecule has 3 aromatic rings. The third-order valence-corrected chi connectivity index (χ3v) is 3.79. The number of nitrogens with one attached hydrogen (secondary N) is 2. The molecule has 0 aliphatic heterocycles. The van der Waals surface area contributed by atoms with E-state index in [9.17, 15) is 9.90 Å². The van der Waals surface area contributed by atoms with Gasteiger partial charge in [0.05, 0.1) is 6.61 Å². The lowest BCUT2D eigenvalue weighted by Crippen LogP contribution is -2.28. The number of hydrogen-bond donors (Lipinski definition) is 3. The van der Waals surface area contributed by atoms with Gasteiger partial charge in [0.15, 0.2) is 5.89 Å². The van der Waals surface area contributed by atoms with E-state index in [0.717, 1.165) is 22.4 Å². The molecule has 0 aliphatic carbocycles. The third kappa shape index (κ3) is 4.24. The molecule has 6 heteroatoms. The molecule has 0 aliphatic rings. The van der Waals surface area contributed by atoms with Gasteiger partial charge in [-0.2, -0.15) is 0 Å². The summed E-state index contributed by atoms with van der Waals surface area (Å²) in [5.74, 6) is 0.611. The fraction of sp³-hybridized carbons (Fsp3) is 0.158. The molecule has 0 radical (unpaired) electrons. The van der Waals surface area contributed by atoms with Gasteiger partial charge in [-0.25, -0.2) is 9.78 Å². The van der Waals surface area contributed by atoms with Crippen molar-refractivity contribution in [3.8, 4) is 11.3 Å². The molecular formula is C19H19N3O3. The van der Waals surface area contributed by atoms with E-state index < -0.39 is 0 Å². The van der Waals surface area contributed by atoms with Crippen LogP contribution in [0.3, 0.4) is 0 Å². The summed E-state index contributed by atoms with van der Waals surface area (Å²) in [7, 11) is 0. The topological polar surface area (TPSA) is 87.4 Å². The van der Waals surface area contributed by atoms with Crippen LogP contribution in [0.25, 0.3) is 11.3 Å². The number of amides is 2. The van der Waals surface area contributed by atoms with Crippen LogP contribution in [-0.4, -0.2) is 16.1 Å². The third-order valence-electron chi connectivity index (χ3n) is 3.79. The molecule has 2 aromatic carbocycles. The SMILES string of the molecule is Cc1nc(-c2ccc(NC(=O)NCc3ccccc3CO)cc2)co1. The Morgan fingerprint density at radius 3 is 2.48 bits per heavy atom. The Morgan fingerprint density at radius 1 is 1.12 bits per heavy atom. The summed E-state index contributed by atoms with van der Waals surface area (Å²) in [6.07, 6.45) is 1.60. The van der Waals surface area contributed by atoms with Crippen LogP contribution >= 0.6 is 0 Å². The molecule has 2 amide bonds. The van der Waals surface area contributed by atoms with Crippen LogP contribution < -0.4 is 10.6 Å². The number of anilines is 1. The smallest absolute Gasteiger partial charge is 0.319 e. The average molecular weight is 337 g/mol. The lowest BCUT2D eigenvalue weighted by Gasteiger charge is -2.10. The molecular weight excluding hydrogens is 318 g/mol. The minimum Gasteiger partial charge on any atom is -0.449 e. The summed E-state index contributed by atoms with van der Waals surface area (Å²) >= 11 is 0. The van der Waals surface area contributed by atoms with Crippen molar-refractivity contribution in [1.29, 1.82) is 0 Å². The van der Waals surface area contributed by atoms with Gasteiger partial charge in [-0.3, -0.25) is 0 Å². The quantitative estimate of drug-likeness (QED) is 0.665. The highest BCUT2D eigenvalue weighted by Gasteiger charge is 2.06. The van der Waals surface area contributed by atoms with Crippen molar-refractivity contribution >= 4 is 11.7 Å². The Bertz CT molecular complexity index is 856. The molecule has 6 nitrogen and oxygen atoms in total. The van der Waals surface area contributed by atoms with E-state index in [4.69, 9.17) is 4.42 Å². The van der Waals surface area contributed by atoms with Crippen LogP contribution in [0.1, 0.15) is 17.0 Å². The number of oxazole rings is 1. The second-order valence-corrected chi connectivity index (χ2v) is 5.56. The highest BCUT2D eigenvalue weighted by molar-refractivity contribution is 5.89. The van der Waals surface area contributed by atoms with Crippen molar-refractivity contribution in [2.24, 2.45) is 0 Å². The molecule has 0 atom stereocenters. The summed E-state index contributed by atoms with van der Waals surface area (Å²) in [4.78, 5) is 16.3.